The number of rotatable bonds is 4. The summed E-state index contributed by atoms with van der Waals surface area (Å²) in [6, 6.07) is 10.1. The summed E-state index contributed by atoms with van der Waals surface area (Å²) in [6.45, 7) is 1.12. The van der Waals surface area contributed by atoms with E-state index in [0.29, 0.717) is 31.0 Å². The first-order valence-electron chi connectivity index (χ1n) is 7.99. The molecule has 0 aromatic heterocycles. The molecule has 3 rings (SSSR count). The Kier molecular flexibility index (Phi) is 5.54. The lowest BCUT2D eigenvalue weighted by molar-refractivity contribution is 0.288. The van der Waals surface area contributed by atoms with Gasteiger partial charge in [0.1, 0.15) is 4.90 Å². The summed E-state index contributed by atoms with van der Waals surface area (Å²) in [5, 5.41) is 9.02. The van der Waals surface area contributed by atoms with E-state index in [-0.39, 0.29) is 0 Å². The van der Waals surface area contributed by atoms with Crippen molar-refractivity contribution in [3.05, 3.63) is 59.2 Å². The van der Waals surface area contributed by atoms with Gasteiger partial charge in [-0.1, -0.05) is 30.3 Å². The fraction of sp³-hybridized carbons (Fsp3) is 0.333. The van der Waals surface area contributed by atoms with Gasteiger partial charge in [-0.25, -0.2) is 13.1 Å². The number of nitrogens with zero attached hydrogens (tertiary/aromatic N) is 1. The molecule has 1 N–H and O–H groups in total. The molecule has 2 nitrogen and oxygen atoms in total. The second-order valence-electron chi connectivity index (χ2n) is 6.09. The van der Waals surface area contributed by atoms with E-state index in [1.54, 1.807) is 4.31 Å². The molecule has 0 unspecified atom stereocenters. The molecule has 134 valence electrons. The molecule has 0 saturated carbocycles. The number of hydrogen-bond donors (Lipinski definition) is 1. The molecule has 7 heteroatoms. The van der Waals surface area contributed by atoms with Crippen LogP contribution < -0.4 is 0 Å². The number of halogens is 4. The molecule has 0 bridgehead atoms. The largest absolute Gasteiger partial charge is 0.503 e. The molecule has 0 atom stereocenters. The Morgan fingerprint density at radius 1 is 0.920 bits per heavy atom. The molecule has 0 aliphatic carbocycles. The van der Waals surface area contributed by atoms with Crippen LogP contribution in [0.2, 0.25) is 0 Å². The summed E-state index contributed by atoms with van der Waals surface area (Å²) in [7, 11) is 0. The van der Waals surface area contributed by atoms with E-state index >= 15 is 0 Å². The highest BCUT2D eigenvalue weighted by atomic mass is 32.2. The monoisotopic (exact) mass is 371 g/mol. The molecule has 1 heterocycles. The van der Waals surface area contributed by atoms with Gasteiger partial charge in [-0.3, -0.25) is 0 Å². The van der Waals surface area contributed by atoms with Gasteiger partial charge in [0, 0.05) is 13.1 Å². The predicted molar refractivity (Wildman–Crippen MR) is 88.2 cm³/mol. The molecular formula is C18H17F4NOS. The van der Waals surface area contributed by atoms with Crippen LogP contribution in [0.3, 0.4) is 0 Å². The van der Waals surface area contributed by atoms with Crippen LogP contribution >= 0.6 is 11.9 Å². The van der Waals surface area contributed by atoms with Gasteiger partial charge in [-0.15, -0.1) is 0 Å². The highest BCUT2D eigenvalue weighted by molar-refractivity contribution is 7.97. The molecule has 0 amide bonds. The Hall–Kier alpha value is -1.73. The van der Waals surface area contributed by atoms with Crippen LogP contribution in [0.1, 0.15) is 18.4 Å². The summed E-state index contributed by atoms with van der Waals surface area (Å²) in [6.07, 6.45) is 2.59. The van der Waals surface area contributed by atoms with Gasteiger partial charge in [-0.2, -0.15) is 8.78 Å². The maximum Gasteiger partial charge on any atom is 0.204 e. The summed E-state index contributed by atoms with van der Waals surface area (Å²) < 4.78 is 56.2. The average molecular weight is 371 g/mol. The van der Waals surface area contributed by atoms with Gasteiger partial charge in [0.05, 0.1) is 0 Å². The van der Waals surface area contributed by atoms with Crippen LogP contribution in [0.15, 0.2) is 35.2 Å². The smallest absolute Gasteiger partial charge is 0.204 e. The Morgan fingerprint density at radius 3 is 2.04 bits per heavy atom. The van der Waals surface area contributed by atoms with E-state index in [4.69, 9.17) is 5.11 Å². The minimum absolute atomic E-state index is 0.460. The van der Waals surface area contributed by atoms with Crippen LogP contribution in [-0.2, 0) is 6.42 Å². The van der Waals surface area contributed by atoms with Crippen LogP contribution in [0, 0.1) is 29.2 Å². The fourth-order valence-electron chi connectivity index (χ4n) is 2.96. The van der Waals surface area contributed by atoms with Crippen molar-refractivity contribution in [3.8, 4) is 5.75 Å². The fourth-order valence-corrected chi connectivity index (χ4v) is 3.95. The van der Waals surface area contributed by atoms with Crippen molar-refractivity contribution in [1.82, 2.24) is 4.31 Å². The van der Waals surface area contributed by atoms with Crippen molar-refractivity contribution in [3.63, 3.8) is 0 Å². The molecule has 2 aromatic carbocycles. The van der Waals surface area contributed by atoms with Crippen molar-refractivity contribution in [2.24, 2.45) is 5.92 Å². The SMILES string of the molecule is Oc1c(F)c(F)c(SN2CCC(Cc3ccccc3)CC2)c(F)c1F. The lowest BCUT2D eigenvalue weighted by atomic mass is 9.91. The van der Waals surface area contributed by atoms with E-state index in [9.17, 15) is 17.6 Å². The second kappa shape index (κ2) is 7.66. The summed E-state index contributed by atoms with van der Waals surface area (Å²) in [5.41, 5.74) is 1.24. The average Bonchev–Trinajstić information content (AvgIpc) is 2.64. The van der Waals surface area contributed by atoms with E-state index in [1.165, 1.54) is 5.56 Å². The predicted octanol–water partition coefficient (Wildman–Crippen LogP) is 4.91. The van der Waals surface area contributed by atoms with Crippen molar-refractivity contribution in [2.75, 3.05) is 13.1 Å². The second-order valence-corrected chi connectivity index (χ2v) is 7.19. The molecule has 1 aliphatic heterocycles. The van der Waals surface area contributed by atoms with Crippen molar-refractivity contribution < 1.29 is 22.7 Å². The first-order valence-corrected chi connectivity index (χ1v) is 8.76. The molecular weight excluding hydrogens is 354 g/mol. The topological polar surface area (TPSA) is 23.5 Å². The van der Waals surface area contributed by atoms with Crippen molar-refractivity contribution in [2.45, 2.75) is 24.2 Å². The molecule has 2 aromatic rings. The Bertz CT molecular complexity index is 719. The summed E-state index contributed by atoms with van der Waals surface area (Å²) in [5.74, 6) is -7.82. The van der Waals surface area contributed by atoms with E-state index in [0.717, 1.165) is 19.3 Å². The van der Waals surface area contributed by atoms with Crippen molar-refractivity contribution in [1.29, 1.82) is 0 Å². The number of phenolic OH excluding ortho intramolecular Hbond substituents is 1. The van der Waals surface area contributed by atoms with Crippen LogP contribution in [0.25, 0.3) is 0 Å². The molecule has 1 saturated heterocycles. The van der Waals surface area contributed by atoms with Crippen LogP contribution in [0.5, 0.6) is 5.75 Å². The summed E-state index contributed by atoms with van der Waals surface area (Å²) >= 11 is 0.655. The van der Waals surface area contributed by atoms with E-state index in [2.05, 4.69) is 12.1 Å². The van der Waals surface area contributed by atoms with Gasteiger partial charge in [0.25, 0.3) is 0 Å². The third-order valence-electron chi connectivity index (χ3n) is 4.36. The zero-order valence-electron chi connectivity index (χ0n) is 13.3. The lowest BCUT2D eigenvalue weighted by Crippen LogP contribution is -2.29. The number of piperidine rings is 1. The standard InChI is InChI=1S/C18H17F4NOS/c19-13-15(21)18(16(22)14(20)17(13)24)25-23-8-6-12(7-9-23)10-11-4-2-1-3-5-11/h1-5,12,24H,6-10H2. The Morgan fingerprint density at radius 2 is 1.48 bits per heavy atom. The molecule has 0 spiro atoms. The van der Waals surface area contributed by atoms with Crippen molar-refractivity contribution >= 4 is 11.9 Å². The third kappa shape index (κ3) is 3.93. The maximum atomic E-state index is 13.8. The van der Waals surface area contributed by atoms with E-state index in [1.807, 2.05) is 18.2 Å². The Labute approximate surface area is 147 Å². The number of benzene rings is 2. The van der Waals surface area contributed by atoms with Crippen LogP contribution in [-0.4, -0.2) is 22.5 Å². The molecule has 1 aliphatic rings. The lowest BCUT2D eigenvalue weighted by Gasteiger charge is -2.31. The molecule has 1 fully saturated rings. The van der Waals surface area contributed by atoms with Gasteiger partial charge >= 0.3 is 0 Å². The minimum atomic E-state index is -1.76. The molecule has 25 heavy (non-hydrogen) atoms. The zero-order chi connectivity index (χ0) is 18.0. The number of hydrogen-bond acceptors (Lipinski definition) is 3. The summed E-state index contributed by atoms with van der Waals surface area (Å²) in [4.78, 5) is -0.755. The maximum absolute atomic E-state index is 13.8. The van der Waals surface area contributed by atoms with E-state index < -0.39 is 33.9 Å². The third-order valence-corrected chi connectivity index (χ3v) is 5.53. The number of aromatic hydroxyl groups is 1. The zero-order valence-corrected chi connectivity index (χ0v) is 14.1. The normalized spacial score (nSPS) is 16.3. The van der Waals surface area contributed by atoms with Gasteiger partial charge < -0.3 is 5.11 Å². The van der Waals surface area contributed by atoms with Gasteiger partial charge in [0.15, 0.2) is 17.4 Å². The van der Waals surface area contributed by atoms with Crippen LogP contribution in [0.4, 0.5) is 17.6 Å². The van der Waals surface area contributed by atoms with Gasteiger partial charge in [0.2, 0.25) is 11.6 Å². The highest BCUT2D eigenvalue weighted by Gasteiger charge is 2.28. The van der Waals surface area contributed by atoms with Gasteiger partial charge in [-0.05, 0) is 42.7 Å². The minimum Gasteiger partial charge on any atom is -0.503 e. The quantitative estimate of drug-likeness (QED) is 0.469. The highest BCUT2D eigenvalue weighted by Crippen LogP contribution is 2.37. The first kappa shape index (κ1) is 18.1. The Balaban J connectivity index is 1.63. The molecule has 0 radical (unpaired) electrons. The number of phenols is 1. The first-order chi connectivity index (χ1) is 12.0.